The highest BCUT2D eigenvalue weighted by Gasteiger charge is 2.25. The zero-order valence-corrected chi connectivity index (χ0v) is 17.6. The molecular formula is C23H25N7O2. The third-order valence-corrected chi connectivity index (χ3v) is 5.37. The number of hydrogen-bond acceptors (Lipinski definition) is 8. The van der Waals surface area contributed by atoms with Crippen LogP contribution in [0.2, 0.25) is 0 Å². The topological polar surface area (TPSA) is 118 Å². The molecule has 1 aliphatic carbocycles. The number of hydrogen-bond donors (Lipinski definition) is 2. The average Bonchev–Trinajstić information content (AvgIpc) is 3.08. The van der Waals surface area contributed by atoms with Gasteiger partial charge in [-0.1, -0.05) is 43.9 Å². The van der Waals surface area contributed by atoms with Gasteiger partial charge in [0.15, 0.2) is 0 Å². The third-order valence-electron chi connectivity index (χ3n) is 5.37. The van der Waals surface area contributed by atoms with Gasteiger partial charge in [0.25, 0.3) is 0 Å². The van der Waals surface area contributed by atoms with Crippen molar-refractivity contribution in [1.29, 1.82) is 0 Å². The Bertz CT molecular complexity index is 1060. The lowest BCUT2D eigenvalue weighted by Crippen LogP contribution is -2.20. The molecule has 2 N–H and O–H groups in total. The van der Waals surface area contributed by atoms with E-state index < -0.39 is 4.92 Å². The largest absolute Gasteiger partial charge is 0.361 e. The summed E-state index contributed by atoms with van der Waals surface area (Å²) in [5.74, 6) is 0.410. The minimum atomic E-state index is -0.441. The Morgan fingerprint density at radius 2 is 1.47 bits per heavy atom. The molecule has 1 aliphatic rings. The first kappa shape index (κ1) is 21.4. The van der Waals surface area contributed by atoms with E-state index in [-0.39, 0.29) is 23.4 Å². The van der Waals surface area contributed by atoms with Crippen LogP contribution in [-0.4, -0.2) is 20.9 Å². The molecule has 1 saturated carbocycles. The SMILES string of the molecule is O=[N+]([O-])c1c(Nc2ccc(N=Nc3ccccc3)cc2)ncnc1NC1CCCCCC1. The molecule has 0 radical (unpaired) electrons. The van der Waals surface area contributed by atoms with Crippen LogP contribution in [0.1, 0.15) is 38.5 Å². The summed E-state index contributed by atoms with van der Waals surface area (Å²) in [5, 5.41) is 26.6. The molecule has 9 nitrogen and oxygen atoms in total. The fourth-order valence-electron chi connectivity index (χ4n) is 3.72. The van der Waals surface area contributed by atoms with Gasteiger partial charge in [-0.15, -0.1) is 0 Å². The second-order valence-corrected chi connectivity index (χ2v) is 7.72. The molecule has 0 amide bonds. The van der Waals surface area contributed by atoms with Crippen LogP contribution in [0, 0.1) is 10.1 Å². The Morgan fingerprint density at radius 1 is 0.844 bits per heavy atom. The van der Waals surface area contributed by atoms with Gasteiger partial charge in [0.05, 0.1) is 16.3 Å². The van der Waals surface area contributed by atoms with Gasteiger partial charge < -0.3 is 10.6 Å². The second-order valence-electron chi connectivity index (χ2n) is 7.72. The minimum absolute atomic E-state index is 0.149. The lowest BCUT2D eigenvalue weighted by molar-refractivity contribution is -0.383. The fraction of sp³-hybridized carbons (Fsp3) is 0.304. The molecule has 1 aromatic heterocycles. The Morgan fingerprint density at radius 3 is 2.12 bits per heavy atom. The monoisotopic (exact) mass is 431 g/mol. The van der Waals surface area contributed by atoms with Crippen LogP contribution in [0.15, 0.2) is 71.2 Å². The van der Waals surface area contributed by atoms with Gasteiger partial charge >= 0.3 is 5.69 Å². The van der Waals surface area contributed by atoms with E-state index in [9.17, 15) is 10.1 Å². The zero-order chi connectivity index (χ0) is 22.2. The maximum absolute atomic E-state index is 11.8. The molecule has 0 bridgehead atoms. The Balaban J connectivity index is 1.49. The van der Waals surface area contributed by atoms with Crippen LogP contribution < -0.4 is 10.6 Å². The molecule has 3 aromatic rings. The molecule has 1 fully saturated rings. The van der Waals surface area contributed by atoms with Crippen molar-refractivity contribution in [3.63, 3.8) is 0 Å². The number of anilines is 3. The van der Waals surface area contributed by atoms with E-state index in [0.717, 1.165) is 31.4 Å². The fourth-order valence-corrected chi connectivity index (χ4v) is 3.72. The number of nitrogens with one attached hydrogen (secondary N) is 2. The van der Waals surface area contributed by atoms with Crippen molar-refractivity contribution in [2.24, 2.45) is 10.2 Å². The third kappa shape index (κ3) is 5.63. The van der Waals surface area contributed by atoms with Crippen molar-refractivity contribution in [2.75, 3.05) is 10.6 Å². The van der Waals surface area contributed by atoms with Gasteiger partial charge in [0.2, 0.25) is 11.6 Å². The average molecular weight is 432 g/mol. The van der Waals surface area contributed by atoms with Crippen molar-refractivity contribution in [3.8, 4) is 0 Å². The standard InChI is InChI=1S/C23H25N7O2/c31-30(32)21-22(26-17-8-4-1-2-5-9-17)24-16-25-23(21)27-18-12-14-20(15-13-18)29-28-19-10-6-3-7-11-19/h3,6-7,10-17H,1-2,4-5,8-9H2,(H2,24,25,26,27). The summed E-state index contributed by atoms with van der Waals surface area (Å²) < 4.78 is 0. The van der Waals surface area contributed by atoms with Gasteiger partial charge in [-0.3, -0.25) is 10.1 Å². The van der Waals surface area contributed by atoms with E-state index in [1.54, 1.807) is 24.3 Å². The molecule has 0 unspecified atom stereocenters. The second kappa shape index (κ2) is 10.4. The van der Waals surface area contributed by atoms with Crippen LogP contribution in [0.3, 0.4) is 0 Å². The summed E-state index contributed by atoms with van der Waals surface area (Å²) in [6.45, 7) is 0. The van der Waals surface area contributed by atoms with Gasteiger partial charge in [-0.25, -0.2) is 9.97 Å². The molecule has 4 rings (SSSR count). The Hall–Kier alpha value is -3.88. The van der Waals surface area contributed by atoms with Crippen LogP contribution in [-0.2, 0) is 0 Å². The Kier molecular flexibility index (Phi) is 6.96. The highest BCUT2D eigenvalue weighted by atomic mass is 16.6. The van der Waals surface area contributed by atoms with Crippen molar-refractivity contribution < 1.29 is 4.92 Å². The maximum Gasteiger partial charge on any atom is 0.353 e. The van der Waals surface area contributed by atoms with Crippen LogP contribution in [0.4, 0.5) is 34.4 Å². The highest BCUT2D eigenvalue weighted by molar-refractivity contribution is 5.74. The molecule has 9 heteroatoms. The van der Waals surface area contributed by atoms with E-state index in [1.807, 2.05) is 30.3 Å². The van der Waals surface area contributed by atoms with Crippen LogP contribution in [0.5, 0.6) is 0 Å². The predicted octanol–water partition coefficient (Wildman–Crippen LogP) is 6.68. The van der Waals surface area contributed by atoms with E-state index >= 15 is 0 Å². The molecular weight excluding hydrogens is 406 g/mol. The van der Waals surface area contributed by atoms with E-state index in [4.69, 9.17) is 0 Å². The highest BCUT2D eigenvalue weighted by Crippen LogP contribution is 2.33. The first-order chi connectivity index (χ1) is 15.7. The van der Waals surface area contributed by atoms with Gasteiger partial charge in [-0.2, -0.15) is 10.2 Å². The molecule has 32 heavy (non-hydrogen) atoms. The number of nitrogens with zero attached hydrogens (tertiary/aromatic N) is 5. The number of benzene rings is 2. The van der Waals surface area contributed by atoms with Crippen molar-refractivity contribution in [1.82, 2.24) is 9.97 Å². The van der Waals surface area contributed by atoms with Gasteiger partial charge in [0, 0.05) is 11.7 Å². The van der Waals surface area contributed by atoms with E-state index in [0.29, 0.717) is 11.4 Å². The van der Waals surface area contributed by atoms with Crippen molar-refractivity contribution in [2.45, 2.75) is 44.6 Å². The summed E-state index contributed by atoms with van der Waals surface area (Å²) in [6.07, 6.45) is 7.98. The van der Waals surface area contributed by atoms with Crippen LogP contribution >= 0.6 is 0 Å². The molecule has 0 aliphatic heterocycles. The summed E-state index contributed by atoms with van der Waals surface area (Å²) in [4.78, 5) is 19.7. The lowest BCUT2D eigenvalue weighted by Gasteiger charge is -2.17. The molecule has 164 valence electrons. The predicted molar refractivity (Wildman–Crippen MR) is 124 cm³/mol. The lowest BCUT2D eigenvalue weighted by atomic mass is 10.1. The number of aromatic nitrogens is 2. The number of nitro groups is 1. The molecule has 0 saturated heterocycles. The molecule has 0 spiro atoms. The first-order valence-corrected chi connectivity index (χ1v) is 10.8. The van der Waals surface area contributed by atoms with Crippen LogP contribution in [0.25, 0.3) is 0 Å². The summed E-state index contributed by atoms with van der Waals surface area (Å²) in [7, 11) is 0. The van der Waals surface area contributed by atoms with Gasteiger partial charge in [0.1, 0.15) is 6.33 Å². The molecule has 1 heterocycles. The van der Waals surface area contributed by atoms with Crippen molar-refractivity contribution in [3.05, 3.63) is 71.0 Å². The van der Waals surface area contributed by atoms with E-state index in [2.05, 4.69) is 30.8 Å². The molecule has 2 aromatic carbocycles. The quantitative estimate of drug-likeness (QED) is 0.186. The zero-order valence-electron chi connectivity index (χ0n) is 17.6. The smallest absolute Gasteiger partial charge is 0.353 e. The first-order valence-electron chi connectivity index (χ1n) is 10.8. The summed E-state index contributed by atoms with van der Waals surface area (Å²) >= 11 is 0. The summed E-state index contributed by atoms with van der Waals surface area (Å²) in [6, 6.07) is 16.8. The minimum Gasteiger partial charge on any atom is -0.361 e. The number of azo groups is 1. The van der Waals surface area contributed by atoms with E-state index in [1.165, 1.54) is 19.2 Å². The summed E-state index contributed by atoms with van der Waals surface area (Å²) in [5.41, 5.74) is 1.95. The number of rotatable bonds is 7. The van der Waals surface area contributed by atoms with Crippen molar-refractivity contribution >= 4 is 34.4 Å². The normalized spacial score (nSPS) is 14.8. The maximum atomic E-state index is 11.8. The Labute approximate surface area is 186 Å². The van der Waals surface area contributed by atoms with Gasteiger partial charge in [-0.05, 0) is 49.2 Å². The molecule has 0 atom stereocenters.